The molecule has 0 aromatic carbocycles. The zero-order valence-electron chi connectivity index (χ0n) is 11.1. The zero-order valence-corrected chi connectivity index (χ0v) is 11.1. The molecule has 0 radical (unpaired) electrons. The monoisotopic (exact) mass is 245 g/mol. The van der Waals surface area contributed by atoms with Crippen molar-refractivity contribution in [2.45, 2.75) is 38.1 Å². The lowest BCUT2D eigenvalue weighted by molar-refractivity contribution is 0.0399. The van der Waals surface area contributed by atoms with E-state index in [1.165, 1.54) is 32.1 Å². The lowest BCUT2D eigenvalue weighted by Crippen LogP contribution is -2.40. The summed E-state index contributed by atoms with van der Waals surface area (Å²) in [6.07, 6.45) is 6.58. The van der Waals surface area contributed by atoms with Crippen molar-refractivity contribution in [1.29, 1.82) is 0 Å². The highest BCUT2D eigenvalue weighted by atomic mass is 16.5. The summed E-state index contributed by atoms with van der Waals surface area (Å²) in [5.74, 6) is 0. The van der Waals surface area contributed by atoms with Gasteiger partial charge in [-0.15, -0.1) is 0 Å². The third-order valence-corrected chi connectivity index (χ3v) is 3.43. The fraction of sp³-hybridized carbons (Fsp3) is 1.00. The van der Waals surface area contributed by atoms with Crippen LogP contribution in [0.15, 0.2) is 0 Å². The molecule has 1 rings (SSSR count). The van der Waals surface area contributed by atoms with Gasteiger partial charge in [-0.2, -0.15) is 0 Å². The Morgan fingerprint density at radius 3 is 2.47 bits per heavy atom. The Kier molecular flexibility index (Phi) is 8.61. The summed E-state index contributed by atoms with van der Waals surface area (Å²) in [7, 11) is 1.68. The van der Waals surface area contributed by atoms with Crippen LogP contribution in [-0.2, 0) is 9.47 Å². The molecule has 0 saturated heterocycles. The molecule has 0 amide bonds. The van der Waals surface area contributed by atoms with Gasteiger partial charge in [0.1, 0.15) is 0 Å². The lowest BCUT2D eigenvalue weighted by atomic mass is 9.94. The number of ether oxygens (including phenoxy) is 2. The first-order valence-corrected chi connectivity index (χ1v) is 6.80. The van der Waals surface area contributed by atoms with E-state index >= 15 is 0 Å². The highest BCUT2D eigenvalue weighted by molar-refractivity contribution is 4.75. The van der Waals surface area contributed by atoms with Gasteiger partial charge in [-0.25, -0.2) is 0 Å². The predicted octanol–water partition coefficient (Wildman–Crippen LogP) is 1.28. The maximum atomic E-state index is 9.11. The predicted molar refractivity (Wildman–Crippen MR) is 68.2 cm³/mol. The van der Waals surface area contributed by atoms with E-state index in [2.05, 4.69) is 4.90 Å². The topological polar surface area (TPSA) is 41.9 Å². The summed E-state index contributed by atoms with van der Waals surface area (Å²) >= 11 is 0. The number of rotatable bonds is 9. The number of methoxy groups -OCH3 is 1. The minimum Gasteiger partial charge on any atom is -0.395 e. The van der Waals surface area contributed by atoms with Crippen molar-refractivity contribution in [3.63, 3.8) is 0 Å². The summed E-state index contributed by atoms with van der Waals surface area (Å²) in [5, 5.41) is 9.11. The first-order valence-electron chi connectivity index (χ1n) is 6.80. The van der Waals surface area contributed by atoms with Gasteiger partial charge in [0.15, 0.2) is 0 Å². The Bertz CT molecular complexity index is 172. The second kappa shape index (κ2) is 9.83. The fourth-order valence-corrected chi connectivity index (χ4v) is 2.48. The number of aliphatic hydroxyl groups is 1. The minimum absolute atomic E-state index is 0.245. The average Bonchev–Trinajstić information content (AvgIpc) is 2.38. The van der Waals surface area contributed by atoms with Crippen molar-refractivity contribution in [1.82, 2.24) is 4.90 Å². The Labute approximate surface area is 105 Å². The van der Waals surface area contributed by atoms with Crippen LogP contribution in [0.25, 0.3) is 0 Å². The van der Waals surface area contributed by atoms with E-state index in [4.69, 9.17) is 14.6 Å². The van der Waals surface area contributed by atoms with Crippen LogP contribution < -0.4 is 0 Å². The molecule has 0 aromatic rings. The minimum atomic E-state index is 0.245. The van der Waals surface area contributed by atoms with Gasteiger partial charge in [-0.05, 0) is 12.8 Å². The van der Waals surface area contributed by atoms with Crippen LogP contribution in [0.5, 0.6) is 0 Å². The smallest absolute Gasteiger partial charge is 0.0700 e. The summed E-state index contributed by atoms with van der Waals surface area (Å²) in [6.45, 7) is 4.00. The molecule has 0 bridgehead atoms. The second-order valence-electron chi connectivity index (χ2n) is 4.66. The SMILES string of the molecule is COCCOCCN(CCO)C1CCCCC1. The molecule has 1 fully saturated rings. The lowest BCUT2D eigenvalue weighted by Gasteiger charge is -2.33. The molecule has 1 N–H and O–H groups in total. The maximum absolute atomic E-state index is 9.11. The Morgan fingerprint density at radius 2 is 1.82 bits per heavy atom. The van der Waals surface area contributed by atoms with Gasteiger partial charge in [-0.1, -0.05) is 19.3 Å². The van der Waals surface area contributed by atoms with E-state index in [9.17, 15) is 0 Å². The van der Waals surface area contributed by atoms with Crippen molar-refractivity contribution in [2.75, 3.05) is 46.6 Å². The highest BCUT2D eigenvalue weighted by Crippen LogP contribution is 2.22. The van der Waals surface area contributed by atoms with Crippen molar-refractivity contribution >= 4 is 0 Å². The molecule has 1 aliphatic rings. The molecule has 1 saturated carbocycles. The van der Waals surface area contributed by atoms with Gasteiger partial charge in [0.2, 0.25) is 0 Å². The molecule has 0 atom stereocenters. The second-order valence-corrected chi connectivity index (χ2v) is 4.66. The van der Waals surface area contributed by atoms with Crippen LogP contribution in [0.2, 0.25) is 0 Å². The highest BCUT2D eigenvalue weighted by Gasteiger charge is 2.20. The number of hydrogen-bond donors (Lipinski definition) is 1. The molecule has 0 heterocycles. The summed E-state index contributed by atoms with van der Waals surface area (Å²) in [4.78, 5) is 2.38. The van der Waals surface area contributed by atoms with E-state index in [-0.39, 0.29) is 6.61 Å². The fourth-order valence-electron chi connectivity index (χ4n) is 2.48. The van der Waals surface area contributed by atoms with Gasteiger partial charge in [-0.3, -0.25) is 4.90 Å². The first kappa shape index (κ1) is 14.9. The molecule has 102 valence electrons. The Hall–Kier alpha value is -0.160. The molecule has 0 aliphatic heterocycles. The largest absolute Gasteiger partial charge is 0.395 e. The Morgan fingerprint density at radius 1 is 1.06 bits per heavy atom. The van der Waals surface area contributed by atoms with Crippen LogP contribution in [0, 0.1) is 0 Å². The van der Waals surface area contributed by atoms with Crippen LogP contribution in [-0.4, -0.2) is 62.7 Å². The van der Waals surface area contributed by atoms with Gasteiger partial charge < -0.3 is 14.6 Å². The summed E-state index contributed by atoms with van der Waals surface area (Å²) in [5.41, 5.74) is 0. The molecule has 0 aromatic heterocycles. The Balaban J connectivity index is 2.17. The van der Waals surface area contributed by atoms with Gasteiger partial charge >= 0.3 is 0 Å². The van der Waals surface area contributed by atoms with E-state index in [0.717, 1.165) is 19.7 Å². The van der Waals surface area contributed by atoms with Crippen molar-refractivity contribution in [3.8, 4) is 0 Å². The third kappa shape index (κ3) is 6.36. The molecular formula is C13H27NO3. The third-order valence-electron chi connectivity index (χ3n) is 3.43. The van der Waals surface area contributed by atoms with Crippen LogP contribution >= 0.6 is 0 Å². The first-order chi connectivity index (χ1) is 8.38. The van der Waals surface area contributed by atoms with E-state index in [1.54, 1.807) is 7.11 Å². The maximum Gasteiger partial charge on any atom is 0.0700 e. The van der Waals surface area contributed by atoms with Crippen LogP contribution in [0.3, 0.4) is 0 Å². The molecule has 4 nitrogen and oxygen atoms in total. The normalized spacial score (nSPS) is 17.8. The quantitative estimate of drug-likeness (QED) is 0.621. The molecule has 0 spiro atoms. The molecule has 1 aliphatic carbocycles. The number of aliphatic hydroxyl groups excluding tert-OH is 1. The standard InChI is InChI=1S/C13H27NO3/c1-16-11-12-17-10-8-14(7-9-15)13-5-3-2-4-6-13/h13,15H,2-12H2,1H3. The summed E-state index contributed by atoms with van der Waals surface area (Å²) in [6, 6.07) is 0.655. The zero-order chi connectivity index (χ0) is 12.3. The molecular weight excluding hydrogens is 218 g/mol. The van der Waals surface area contributed by atoms with Crippen molar-refractivity contribution < 1.29 is 14.6 Å². The van der Waals surface area contributed by atoms with E-state index in [1.807, 2.05) is 0 Å². The number of hydrogen-bond acceptors (Lipinski definition) is 4. The van der Waals surface area contributed by atoms with Crippen LogP contribution in [0.1, 0.15) is 32.1 Å². The molecule has 4 heteroatoms. The summed E-state index contributed by atoms with van der Waals surface area (Å²) < 4.78 is 10.4. The van der Waals surface area contributed by atoms with Crippen molar-refractivity contribution in [3.05, 3.63) is 0 Å². The molecule has 0 unspecified atom stereocenters. The van der Waals surface area contributed by atoms with E-state index < -0.39 is 0 Å². The van der Waals surface area contributed by atoms with Gasteiger partial charge in [0.25, 0.3) is 0 Å². The average molecular weight is 245 g/mol. The number of nitrogens with zero attached hydrogens (tertiary/aromatic N) is 1. The van der Waals surface area contributed by atoms with Crippen molar-refractivity contribution in [2.24, 2.45) is 0 Å². The van der Waals surface area contributed by atoms with E-state index in [0.29, 0.717) is 19.3 Å². The van der Waals surface area contributed by atoms with Crippen LogP contribution in [0.4, 0.5) is 0 Å². The van der Waals surface area contributed by atoms with Gasteiger partial charge in [0, 0.05) is 26.2 Å². The molecule has 17 heavy (non-hydrogen) atoms. The van der Waals surface area contributed by atoms with Gasteiger partial charge in [0.05, 0.1) is 26.4 Å².